The normalized spacial score (nSPS) is 9.83. The molecule has 0 atom stereocenters. The number of amides is 2. The number of urea groups is 1. The molecule has 0 aromatic carbocycles. The van der Waals surface area contributed by atoms with Crippen molar-refractivity contribution in [1.82, 2.24) is 19.9 Å². The molecule has 2 heterocycles. The van der Waals surface area contributed by atoms with Crippen LogP contribution in [0.15, 0.2) is 24.8 Å². The number of primary amides is 1. The molecule has 0 saturated heterocycles. The van der Waals surface area contributed by atoms with Crippen molar-refractivity contribution in [3.63, 3.8) is 0 Å². The van der Waals surface area contributed by atoms with Gasteiger partial charge >= 0.3 is 12.0 Å². The monoisotopic (exact) mass is 246 g/mol. The Labute approximate surface area is 102 Å². The summed E-state index contributed by atoms with van der Waals surface area (Å²) in [5.41, 5.74) is 6.22. The van der Waals surface area contributed by atoms with Crippen molar-refractivity contribution < 1.29 is 9.53 Å². The van der Waals surface area contributed by atoms with E-state index < -0.39 is 6.03 Å². The number of hydrogen-bond donors (Lipinski definition) is 2. The first kappa shape index (κ1) is 11.7. The summed E-state index contributed by atoms with van der Waals surface area (Å²) in [5, 5.41) is 2.32. The first-order valence-electron chi connectivity index (χ1n) is 4.94. The molecular weight excluding hydrogens is 236 g/mol. The number of aromatic nitrogens is 4. The molecule has 2 aromatic heterocycles. The van der Waals surface area contributed by atoms with Crippen LogP contribution < -0.4 is 15.8 Å². The molecule has 0 aliphatic heterocycles. The minimum atomic E-state index is -0.690. The average molecular weight is 246 g/mol. The molecular formula is C10H10N6O2. The smallest absolute Gasteiger partial charge is 0.317 e. The number of carbonyl (C=O) groups excluding carboxylic acids is 1. The van der Waals surface area contributed by atoms with E-state index in [0.29, 0.717) is 11.3 Å². The summed E-state index contributed by atoms with van der Waals surface area (Å²) in [7, 11) is 1.49. The molecule has 0 unspecified atom stereocenters. The van der Waals surface area contributed by atoms with Crippen LogP contribution in [0, 0.1) is 0 Å². The van der Waals surface area contributed by atoms with Crippen LogP contribution in [-0.2, 0) is 0 Å². The van der Waals surface area contributed by atoms with Crippen molar-refractivity contribution >= 4 is 11.8 Å². The van der Waals surface area contributed by atoms with Crippen LogP contribution in [0.3, 0.4) is 0 Å². The van der Waals surface area contributed by atoms with Gasteiger partial charge in [0.15, 0.2) is 5.82 Å². The summed E-state index contributed by atoms with van der Waals surface area (Å²) in [5.74, 6) is 0.278. The van der Waals surface area contributed by atoms with Crippen LogP contribution in [0.2, 0.25) is 0 Å². The lowest BCUT2D eigenvalue weighted by atomic mass is 10.2. The minimum Gasteiger partial charge on any atom is -0.467 e. The van der Waals surface area contributed by atoms with E-state index in [4.69, 9.17) is 10.5 Å². The van der Waals surface area contributed by atoms with Gasteiger partial charge in [-0.3, -0.25) is 10.3 Å². The predicted molar refractivity (Wildman–Crippen MR) is 62.8 cm³/mol. The molecule has 0 radical (unpaired) electrons. The quantitative estimate of drug-likeness (QED) is 0.811. The predicted octanol–water partition coefficient (Wildman–Crippen LogP) is 0.433. The van der Waals surface area contributed by atoms with Crippen LogP contribution in [0.4, 0.5) is 10.6 Å². The molecule has 18 heavy (non-hydrogen) atoms. The van der Waals surface area contributed by atoms with Gasteiger partial charge in [0.05, 0.1) is 25.2 Å². The SMILES string of the molecule is COc1ncc(-c2cnc(NC(N)=O)cn2)cn1. The Kier molecular flexibility index (Phi) is 3.28. The van der Waals surface area contributed by atoms with E-state index in [1.165, 1.54) is 19.5 Å². The van der Waals surface area contributed by atoms with Crippen molar-refractivity contribution in [2.45, 2.75) is 0 Å². The Morgan fingerprint density at radius 2 is 1.89 bits per heavy atom. The number of hydrogen-bond acceptors (Lipinski definition) is 6. The average Bonchev–Trinajstić information content (AvgIpc) is 2.39. The van der Waals surface area contributed by atoms with Gasteiger partial charge in [0.2, 0.25) is 0 Å². The third-order valence-corrected chi connectivity index (χ3v) is 2.01. The molecule has 8 nitrogen and oxygen atoms in total. The lowest BCUT2D eigenvalue weighted by Gasteiger charge is -2.03. The number of ether oxygens (including phenoxy) is 1. The lowest BCUT2D eigenvalue weighted by Crippen LogP contribution is -2.20. The molecule has 2 amide bonds. The summed E-state index contributed by atoms with van der Waals surface area (Å²) < 4.78 is 4.85. The van der Waals surface area contributed by atoms with Crippen molar-refractivity contribution in [2.24, 2.45) is 5.73 Å². The molecule has 8 heteroatoms. The number of methoxy groups -OCH3 is 1. The molecule has 0 bridgehead atoms. The number of carbonyl (C=O) groups is 1. The van der Waals surface area contributed by atoms with E-state index >= 15 is 0 Å². The van der Waals surface area contributed by atoms with Crippen LogP contribution in [0.5, 0.6) is 6.01 Å². The zero-order valence-corrected chi connectivity index (χ0v) is 9.49. The van der Waals surface area contributed by atoms with E-state index in [0.717, 1.165) is 0 Å². The van der Waals surface area contributed by atoms with Gasteiger partial charge in [-0.15, -0.1) is 0 Å². The van der Waals surface area contributed by atoms with Crippen molar-refractivity contribution in [3.05, 3.63) is 24.8 Å². The molecule has 3 N–H and O–H groups in total. The maximum absolute atomic E-state index is 10.6. The number of nitrogens with zero attached hydrogens (tertiary/aromatic N) is 4. The fourth-order valence-corrected chi connectivity index (χ4v) is 1.22. The summed E-state index contributed by atoms with van der Waals surface area (Å²) in [6.45, 7) is 0. The number of nitrogens with two attached hydrogens (primary N) is 1. The highest BCUT2D eigenvalue weighted by molar-refractivity contribution is 5.86. The third kappa shape index (κ3) is 2.67. The van der Waals surface area contributed by atoms with Crippen molar-refractivity contribution in [2.75, 3.05) is 12.4 Å². The molecule has 92 valence electrons. The second kappa shape index (κ2) is 5.04. The maximum atomic E-state index is 10.6. The van der Waals surface area contributed by atoms with Crippen molar-refractivity contribution in [1.29, 1.82) is 0 Å². The van der Waals surface area contributed by atoms with Gasteiger partial charge in [0.25, 0.3) is 0 Å². The van der Waals surface area contributed by atoms with Crippen LogP contribution in [-0.4, -0.2) is 33.1 Å². The van der Waals surface area contributed by atoms with Gasteiger partial charge in [-0.25, -0.2) is 19.7 Å². The number of rotatable bonds is 3. The fourth-order valence-electron chi connectivity index (χ4n) is 1.22. The Morgan fingerprint density at radius 3 is 2.39 bits per heavy atom. The van der Waals surface area contributed by atoms with E-state index in [9.17, 15) is 4.79 Å². The summed E-state index contributed by atoms with van der Waals surface area (Å²) in [6, 6.07) is -0.413. The zero-order valence-electron chi connectivity index (χ0n) is 9.49. The van der Waals surface area contributed by atoms with E-state index in [1.807, 2.05) is 0 Å². The maximum Gasteiger partial charge on any atom is 0.317 e. The Morgan fingerprint density at radius 1 is 1.17 bits per heavy atom. The molecule has 2 rings (SSSR count). The number of nitrogens with one attached hydrogen (secondary N) is 1. The second-order valence-corrected chi connectivity index (χ2v) is 3.23. The molecule has 0 spiro atoms. The largest absolute Gasteiger partial charge is 0.467 e. The zero-order chi connectivity index (χ0) is 13.0. The molecule has 0 aliphatic rings. The Bertz CT molecular complexity index is 539. The summed E-state index contributed by atoms with van der Waals surface area (Å²) in [4.78, 5) is 26.6. The summed E-state index contributed by atoms with van der Waals surface area (Å²) >= 11 is 0. The highest BCUT2D eigenvalue weighted by Crippen LogP contribution is 2.15. The van der Waals surface area contributed by atoms with Gasteiger partial charge in [-0.2, -0.15) is 0 Å². The molecule has 0 aliphatic carbocycles. The summed E-state index contributed by atoms with van der Waals surface area (Å²) in [6.07, 6.45) is 6.01. The Balaban J connectivity index is 2.20. The van der Waals surface area contributed by atoms with Crippen LogP contribution in [0.25, 0.3) is 11.3 Å². The van der Waals surface area contributed by atoms with E-state index in [1.54, 1.807) is 12.4 Å². The van der Waals surface area contributed by atoms with Gasteiger partial charge in [0, 0.05) is 18.0 Å². The molecule has 2 aromatic rings. The number of anilines is 1. The van der Waals surface area contributed by atoms with Gasteiger partial charge in [0.1, 0.15) is 0 Å². The topological polar surface area (TPSA) is 116 Å². The minimum absolute atomic E-state index is 0.277. The molecule has 0 fully saturated rings. The highest BCUT2D eigenvalue weighted by atomic mass is 16.5. The van der Waals surface area contributed by atoms with Gasteiger partial charge in [-0.1, -0.05) is 0 Å². The van der Waals surface area contributed by atoms with E-state index in [2.05, 4.69) is 25.3 Å². The van der Waals surface area contributed by atoms with Crippen molar-refractivity contribution in [3.8, 4) is 17.3 Å². The van der Waals surface area contributed by atoms with Crippen LogP contribution >= 0.6 is 0 Å². The first-order valence-corrected chi connectivity index (χ1v) is 4.94. The second-order valence-electron chi connectivity index (χ2n) is 3.23. The lowest BCUT2D eigenvalue weighted by molar-refractivity contribution is 0.259. The fraction of sp³-hybridized carbons (Fsp3) is 0.100. The van der Waals surface area contributed by atoms with Gasteiger partial charge < -0.3 is 10.5 Å². The van der Waals surface area contributed by atoms with E-state index in [-0.39, 0.29) is 11.8 Å². The molecule has 0 saturated carbocycles. The first-order chi connectivity index (χ1) is 8.69. The highest BCUT2D eigenvalue weighted by Gasteiger charge is 2.04. The Hall–Kier alpha value is -2.77. The van der Waals surface area contributed by atoms with Crippen LogP contribution in [0.1, 0.15) is 0 Å². The standard InChI is InChI=1S/C10H10N6O2/c1-18-10-14-2-6(3-15-10)7-4-13-8(5-12-7)16-9(11)17/h2-5H,1H3,(H3,11,13,16,17). The third-order valence-electron chi connectivity index (χ3n) is 2.01. The van der Waals surface area contributed by atoms with Gasteiger partial charge in [-0.05, 0) is 0 Å².